The van der Waals surface area contributed by atoms with Gasteiger partial charge in [-0.3, -0.25) is 0 Å². The topological polar surface area (TPSA) is 43.4 Å². The minimum Gasteiger partial charge on any atom is -0.486 e. The van der Waals surface area contributed by atoms with Crippen molar-refractivity contribution in [1.29, 1.82) is 0 Å². The molecule has 0 aromatic heterocycles. The van der Waals surface area contributed by atoms with Crippen LogP contribution in [0.3, 0.4) is 0 Å². The molecule has 0 spiro atoms. The standard InChI is InChI=1S/C15H19ClO3S/c1-11(2)14-10-13(20(16,17)18)8-9-15(14)19-12-6-4-3-5-7-12/h4,6,8-12H,3,5,7H2,1-2H3. The molecule has 0 N–H and O–H groups in total. The summed E-state index contributed by atoms with van der Waals surface area (Å²) in [4.78, 5) is 0.120. The molecule has 5 heteroatoms. The fourth-order valence-electron chi connectivity index (χ4n) is 2.28. The molecule has 3 nitrogen and oxygen atoms in total. The molecule has 1 aliphatic carbocycles. The van der Waals surface area contributed by atoms with E-state index in [0.29, 0.717) is 0 Å². The van der Waals surface area contributed by atoms with Crippen molar-refractivity contribution in [3.63, 3.8) is 0 Å². The summed E-state index contributed by atoms with van der Waals surface area (Å²) in [5, 5.41) is 0. The van der Waals surface area contributed by atoms with Crippen LogP contribution in [0.15, 0.2) is 35.2 Å². The number of hydrogen-bond donors (Lipinski definition) is 0. The summed E-state index contributed by atoms with van der Waals surface area (Å²) in [5.41, 5.74) is 0.866. The first-order chi connectivity index (χ1) is 9.38. The molecule has 1 aromatic rings. The van der Waals surface area contributed by atoms with Crippen molar-refractivity contribution in [1.82, 2.24) is 0 Å². The number of benzene rings is 1. The van der Waals surface area contributed by atoms with Crippen LogP contribution >= 0.6 is 10.7 Å². The molecular formula is C15H19ClO3S. The molecule has 110 valence electrons. The van der Waals surface area contributed by atoms with E-state index in [2.05, 4.69) is 12.2 Å². The zero-order chi connectivity index (χ0) is 14.8. The fourth-order valence-corrected chi connectivity index (χ4v) is 3.07. The Morgan fingerprint density at radius 1 is 1.35 bits per heavy atom. The smallest absolute Gasteiger partial charge is 0.261 e. The van der Waals surface area contributed by atoms with Gasteiger partial charge in [0.05, 0.1) is 4.90 Å². The lowest BCUT2D eigenvalue weighted by Gasteiger charge is -2.22. The highest BCUT2D eigenvalue weighted by Crippen LogP contribution is 2.32. The van der Waals surface area contributed by atoms with Gasteiger partial charge in [0, 0.05) is 10.7 Å². The van der Waals surface area contributed by atoms with E-state index < -0.39 is 9.05 Å². The highest BCUT2D eigenvalue weighted by atomic mass is 35.7. The first kappa shape index (κ1) is 15.4. The average Bonchev–Trinajstić information content (AvgIpc) is 2.38. The second-order valence-electron chi connectivity index (χ2n) is 5.31. The van der Waals surface area contributed by atoms with Crippen molar-refractivity contribution < 1.29 is 13.2 Å². The molecule has 0 heterocycles. The van der Waals surface area contributed by atoms with Gasteiger partial charge in [-0.25, -0.2) is 8.42 Å². The lowest BCUT2D eigenvalue weighted by Crippen LogP contribution is -2.16. The monoisotopic (exact) mass is 314 g/mol. The van der Waals surface area contributed by atoms with E-state index in [1.807, 2.05) is 13.8 Å². The van der Waals surface area contributed by atoms with Crippen molar-refractivity contribution in [2.75, 3.05) is 0 Å². The first-order valence-corrected chi connectivity index (χ1v) is 9.11. The molecule has 20 heavy (non-hydrogen) atoms. The van der Waals surface area contributed by atoms with Gasteiger partial charge in [-0.05, 0) is 55.0 Å². The maximum atomic E-state index is 11.4. The van der Waals surface area contributed by atoms with E-state index in [1.54, 1.807) is 12.1 Å². The van der Waals surface area contributed by atoms with E-state index >= 15 is 0 Å². The van der Waals surface area contributed by atoms with Crippen LogP contribution in [0.25, 0.3) is 0 Å². The Morgan fingerprint density at radius 2 is 2.10 bits per heavy atom. The van der Waals surface area contributed by atoms with Crippen LogP contribution in [0.4, 0.5) is 0 Å². The Hall–Kier alpha value is -1.00. The summed E-state index contributed by atoms with van der Waals surface area (Å²) in [7, 11) is 1.69. The second-order valence-corrected chi connectivity index (χ2v) is 7.87. The van der Waals surface area contributed by atoms with Gasteiger partial charge in [0.15, 0.2) is 0 Å². The van der Waals surface area contributed by atoms with E-state index in [1.165, 1.54) is 6.07 Å². The number of allylic oxidation sites excluding steroid dienone is 1. The van der Waals surface area contributed by atoms with Crippen LogP contribution in [-0.4, -0.2) is 14.5 Å². The predicted octanol–water partition coefficient (Wildman–Crippen LogP) is 4.23. The maximum absolute atomic E-state index is 11.4. The van der Waals surface area contributed by atoms with E-state index in [-0.39, 0.29) is 16.9 Å². The lowest BCUT2D eigenvalue weighted by molar-refractivity contribution is 0.227. The minimum atomic E-state index is -3.71. The van der Waals surface area contributed by atoms with Crippen molar-refractivity contribution in [2.45, 2.75) is 50.0 Å². The van der Waals surface area contributed by atoms with Gasteiger partial charge in [0.25, 0.3) is 9.05 Å². The Balaban J connectivity index is 2.32. The normalized spacial score (nSPS) is 19.3. The number of hydrogen-bond acceptors (Lipinski definition) is 3. The lowest BCUT2D eigenvalue weighted by atomic mass is 10.0. The number of rotatable bonds is 4. The molecule has 0 amide bonds. The van der Waals surface area contributed by atoms with Crippen LogP contribution in [-0.2, 0) is 9.05 Å². The van der Waals surface area contributed by atoms with Gasteiger partial charge in [0.1, 0.15) is 11.9 Å². The highest BCUT2D eigenvalue weighted by molar-refractivity contribution is 8.13. The molecule has 0 bridgehead atoms. The predicted molar refractivity (Wildman–Crippen MR) is 81.0 cm³/mol. The van der Waals surface area contributed by atoms with E-state index in [0.717, 1.165) is 30.6 Å². The van der Waals surface area contributed by atoms with Gasteiger partial charge < -0.3 is 4.74 Å². The quantitative estimate of drug-likeness (QED) is 0.617. The summed E-state index contributed by atoms with van der Waals surface area (Å²) in [6.45, 7) is 4.01. The molecule has 1 atom stereocenters. The largest absolute Gasteiger partial charge is 0.486 e. The molecule has 1 aromatic carbocycles. The minimum absolute atomic E-state index is 0.0692. The Bertz CT molecular complexity index is 606. The third-order valence-corrected chi connectivity index (χ3v) is 4.72. The Morgan fingerprint density at radius 3 is 2.65 bits per heavy atom. The summed E-state index contributed by atoms with van der Waals surface area (Å²) in [5.74, 6) is 0.900. The van der Waals surface area contributed by atoms with Gasteiger partial charge in [-0.1, -0.05) is 19.9 Å². The zero-order valence-electron chi connectivity index (χ0n) is 11.7. The van der Waals surface area contributed by atoms with Crippen molar-refractivity contribution in [3.8, 4) is 5.75 Å². The van der Waals surface area contributed by atoms with Crippen molar-refractivity contribution in [3.05, 3.63) is 35.9 Å². The molecular weight excluding hydrogens is 296 g/mol. The summed E-state index contributed by atoms with van der Waals surface area (Å²) in [6, 6.07) is 4.80. The molecule has 0 saturated carbocycles. The molecule has 0 saturated heterocycles. The molecule has 0 aliphatic heterocycles. The van der Waals surface area contributed by atoms with Crippen molar-refractivity contribution >= 4 is 19.7 Å². The van der Waals surface area contributed by atoms with Crippen LogP contribution < -0.4 is 4.74 Å². The molecule has 2 rings (SSSR count). The summed E-state index contributed by atoms with van der Waals surface area (Å²) >= 11 is 0. The highest BCUT2D eigenvalue weighted by Gasteiger charge is 2.18. The molecule has 1 unspecified atom stereocenters. The first-order valence-electron chi connectivity index (χ1n) is 6.80. The van der Waals surface area contributed by atoms with Gasteiger partial charge in [-0.2, -0.15) is 0 Å². The Labute approximate surface area is 125 Å². The third kappa shape index (κ3) is 3.76. The van der Waals surface area contributed by atoms with Crippen LogP contribution in [0, 0.1) is 0 Å². The molecule has 1 aliphatic rings. The molecule has 0 fully saturated rings. The third-order valence-electron chi connectivity index (χ3n) is 3.37. The zero-order valence-corrected chi connectivity index (χ0v) is 13.2. The fraction of sp³-hybridized carbons (Fsp3) is 0.467. The average molecular weight is 315 g/mol. The number of ether oxygens (including phenoxy) is 1. The van der Waals surface area contributed by atoms with Gasteiger partial charge >= 0.3 is 0 Å². The SMILES string of the molecule is CC(C)c1cc(S(=O)(=O)Cl)ccc1OC1C=CCCC1. The van der Waals surface area contributed by atoms with E-state index in [9.17, 15) is 8.42 Å². The van der Waals surface area contributed by atoms with Crippen LogP contribution in [0.2, 0.25) is 0 Å². The second kappa shape index (κ2) is 6.19. The van der Waals surface area contributed by atoms with Gasteiger partial charge in [0.2, 0.25) is 0 Å². The van der Waals surface area contributed by atoms with Crippen molar-refractivity contribution in [2.24, 2.45) is 0 Å². The van der Waals surface area contributed by atoms with Gasteiger partial charge in [-0.15, -0.1) is 0 Å². The Kier molecular flexibility index (Phi) is 4.76. The summed E-state index contributed by atoms with van der Waals surface area (Å²) in [6.07, 6.45) is 7.47. The van der Waals surface area contributed by atoms with Crippen LogP contribution in [0.5, 0.6) is 5.75 Å². The maximum Gasteiger partial charge on any atom is 0.261 e. The molecule has 0 radical (unpaired) electrons. The summed E-state index contributed by atoms with van der Waals surface area (Å²) < 4.78 is 28.8. The number of halogens is 1. The van der Waals surface area contributed by atoms with Crippen LogP contribution in [0.1, 0.15) is 44.6 Å². The van der Waals surface area contributed by atoms with E-state index in [4.69, 9.17) is 15.4 Å².